The van der Waals surface area contributed by atoms with Crippen LogP contribution in [0, 0.1) is 25.5 Å². The highest BCUT2D eigenvalue weighted by Gasteiger charge is 2.15. The standard InChI is InChI=1S/C16H16F2O2/c1-9-6-12(7-10(2)15(9)18)16(19)11-4-5-13(17)14(8-11)20-3/h4-8,16,19H,1-3H3. The summed E-state index contributed by atoms with van der Waals surface area (Å²) in [7, 11) is 1.36. The Kier molecular flexibility index (Phi) is 4.04. The molecule has 0 saturated heterocycles. The van der Waals surface area contributed by atoms with Crippen LogP contribution in [0.5, 0.6) is 5.75 Å². The summed E-state index contributed by atoms with van der Waals surface area (Å²) in [5.41, 5.74) is 1.99. The van der Waals surface area contributed by atoms with E-state index in [9.17, 15) is 13.9 Å². The zero-order chi connectivity index (χ0) is 14.9. The van der Waals surface area contributed by atoms with Crippen molar-refractivity contribution in [3.05, 3.63) is 64.2 Å². The fourth-order valence-corrected chi connectivity index (χ4v) is 2.18. The third-order valence-electron chi connectivity index (χ3n) is 3.27. The maximum atomic E-state index is 13.6. The van der Waals surface area contributed by atoms with E-state index in [2.05, 4.69) is 0 Å². The van der Waals surface area contributed by atoms with Crippen molar-refractivity contribution in [3.63, 3.8) is 0 Å². The first-order chi connectivity index (χ1) is 9.43. The molecule has 2 aromatic rings. The van der Waals surface area contributed by atoms with Gasteiger partial charge in [-0.05, 0) is 48.2 Å². The Labute approximate surface area is 116 Å². The largest absolute Gasteiger partial charge is 0.494 e. The third kappa shape index (κ3) is 2.65. The number of aliphatic hydroxyl groups excluding tert-OH is 1. The minimum Gasteiger partial charge on any atom is -0.494 e. The number of rotatable bonds is 3. The monoisotopic (exact) mass is 278 g/mol. The molecule has 0 spiro atoms. The van der Waals surface area contributed by atoms with E-state index >= 15 is 0 Å². The van der Waals surface area contributed by atoms with Crippen LogP contribution in [-0.2, 0) is 0 Å². The lowest BCUT2D eigenvalue weighted by atomic mass is 9.97. The summed E-state index contributed by atoms with van der Waals surface area (Å²) in [6.07, 6.45) is -0.956. The first-order valence-electron chi connectivity index (χ1n) is 6.22. The molecule has 0 saturated carbocycles. The average molecular weight is 278 g/mol. The number of methoxy groups -OCH3 is 1. The molecular weight excluding hydrogens is 262 g/mol. The van der Waals surface area contributed by atoms with Gasteiger partial charge in [0.05, 0.1) is 7.11 Å². The van der Waals surface area contributed by atoms with Gasteiger partial charge in [0.2, 0.25) is 0 Å². The highest BCUT2D eigenvalue weighted by atomic mass is 19.1. The van der Waals surface area contributed by atoms with Gasteiger partial charge in [0.25, 0.3) is 0 Å². The second-order valence-electron chi connectivity index (χ2n) is 4.77. The van der Waals surface area contributed by atoms with Gasteiger partial charge >= 0.3 is 0 Å². The number of aliphatic hydroxyl groups is 1. The molecule has 0 aliphatic rings. The van der Waals surface area contributed by atoms with Crippen LogP contribution in [0.1, 0.15) is 28.4 Å². The number of hydrogen-bond donors (Lipinski definition) is 1. The summed E-state index contributed by atoms with van der Waals surface area (Å²) >= 11 is 0. The Morgan fingerprint density at radius 1 is 1.00 bits per heavy atom. The van der Waals surface area contributed by atoms with Crippen molar-refractivity contribution in [2.45, 2.75) is 20.0 Å². The molecule has 2 rings (SSSR count). The minimum absolute atomic E-state index is 0.0668. The first kappa shape index (κ1) is 14.5. The van der Waals surface area contributed by atoms with Gasteiger partial charge in [-0.15, -0.1) is 0 Å². The Balaban J connectivity index is 2.43. The molecule has 0 aliphatic heterocycles. The van der Waals surface area contributed by atoms with Gasteiger partial charge < -0.3 is 9.84 Å². The van der Waals surface area contributed by atoms with Crippen molar-refractivity contribution in [2.24, 2.45) is 0 Å². The molecule has 0 bridgehead atoms. The normalized spacial score (nSPS) is 12.3. The number of aryl methyl sites for hydroxylation is 2. The smallest absolute Gasteiger partial charge is 0.165 e. The van der Waals surface area contributed by atoms with E-state index in [1.54, 1.807) is 26.0 Å². The second-order valence-corrected chi connectivity index (χ2v) is 4.77. The van der Waals surface area contributed by atoms with Crippen LogP contribution in [0.15, 0.2) is 30.3 Å². The molecule has 2 aromatic carbocycles. The Morgan fingerprint density at radius 3 is 2.15 bits per heavy atom. The molecule has 1 atom stereocenters. The van der Waals surface area contributed by atoms with Gasteiger partial charge in [-0.1, -0.05) is 18.2 Å². The topological polar surface area (TPSA) is 29.5 Å². The van der Waals surface area contributed by atoms with Gasteiger partial charge in [0.1, 0.15) is 11.9 Å². The summed E-state index contributed by atoms with van der Waals surface area (Å²) in [6.45, 7) is 3.29. The summed E-state index contributed by atoms with van der Waals surface area (Å²) in [4.78, 5) is 0. The number of benzene rings is 2. The van der Waals surface area contributed by atoms with Crippen LogP contribution in [0.3, 0.4) is 0 Å². The Morgan fingerprint density at radius 2 is 1.60 bits per heavy atom. The van der Waals surface area contributed by atoms with Crippen molar-refractivity contribution in [3.8, 4) is 5.75 Å². The molecule has 0 fully saturated rings. The maximum Gasteiger partial charge on any atom is 0.165 e. The Bertz CT molecular complexity index is 615. The number of hydrogen-bond acceptors (Lipinski definition) is 2. The molecule has 2 nitrogen and oxygen atoms in total. The van der Waals surface area contributed by atoms with Crippen molar-refractivity contribution in [2.75, 3.05) is 7.11 Å². The van der Waals surface area contributed by atoms with Crippen LogP contribution in [0.25, 0.3) is 0 Å². The van der Waals surface area contributed by atoms with Gasteiger partial charge in [0.15, 0.2) is 11.6 Å². The van der Waals surface area contributed by atoms with Crippen LogP contribution in [-0.4, -0.2) is 12.2 Å². The lowest BCUT2D eigenvalue weighted by Crippen LogP contribution is -2.03. The molecule has 1 unspecified atom stereocenters. The molecule has 0 aromatic heterocycles. The number of ether oxygens (including phenoxy) is 1. The van der Waals surface area contributed by atoms with Crippen LogP contribution in [0.4, 0.5) is 8.78 Å². The van der Waals surface area contributed by atoms with Crippen molar-refractivity contribution in [1.29, 1.82) is 0 Å². The van der Waals surface area contributed by atoms with E-state index in [-0.39, 0.29) is 11.6 Å². The van der Waals surface area contributed by atoms with Crippen molar-refractivity contribution in [1.82, 2.24) is 0 Å². The zero-order valence-electron chi connectivity index (χ0n) is 11.6. The lowest BCUT2D eigenvalue weighted by molar-refractivity contribution is 0.219. The summed E-state index contributed by atoms with van der Waals surface area (Å²) < 4.78 is 31.8. The highest BCUT2D eigenvalue weighted by Crippen LogP contribution is 2.28. The summed E-state index contributed by atoms with van der Waals surface area (Å²) in [6, 6.07) is 7.33. The predicted molar refractivity (Wildman–Crippen MR) is 72.9 cm³/mol. The van der Waals surface area contributed by atoms with E-state index < -0.39 is 11.9 Å². The molecule has 4 heteroatoms. The van der Waals surface area contributed by atoms with E-state index in [1.807, 2.05) is 0 Å². The molecule has 0 heterocycles. The molecule has 0 amide bonds. The molecule has 0 aliphatic carbocycles. The summed E-state index contributed by atoms with van der Waals surface area (Å²) in [5, 5.41) is 10.3. The molecular formula is C16H16F2O2. The van der Waals surface area contributed by atoms with Crippen LogP contribution < -0.4 is 4.74 Å². The Hall–Kier alpha value is -1.94. The molecule has 106 valence electrons. The van der Waals surface area contributed by atoms with Gasteiger partial charge in [-0.3, -0.25) is 0 Å². The maximum absolute atomic E-state index is 13.6. The van der Waals surface area contributed by atoms with Crippen LogP contribution >= 0.6 is 0 Å². The summed E-state index contributed by atoms with van der Waals surface area (Å²) in [5.74, 6) is -0.704. The van der Waals surface area contributed by atoms with E-state index in [4.69, 9.17) is 4.74 Å². The predicted octanol–water partition coefficient (Wildman–Crippen LogP) is 3.67. The fraction of sp³-hybridized carbons (Fsp3) is 0.250. The van der Waals surface area contributed by atoms with Gasteiger partial charge in [-0.2, -0.15) is 0 Å². The highest BCUT2D eigenvalue weighted by molar-refractivity contribution is 5.39. The first-order valence-corrected chi connectivity index (χ1v) is 6.22. The second kappa shape index (κ2) is 5.59. The number of halogens is 2. The minimum atomic E-state index is -0.956. The fourth-order valence-electron chi connectivity index (χ4n) is 2.18. The van der Waals surface area contributed by atoms with E-state index in [0.717, 1.165) is 0 Å². The van der Waals surface area contributed by atoms with Gasteiger partial charge in [-0.25, -0.2) is 8.78 Å². The SMILES string of the molecule is COc1cc(C(O)c2cc(C)c(F)c(C)c2)ccc1F. The van der Waals surface area contributed by atoms with E-state index in [1.165, 1.54) is 25.3 Å². The molecule has 1 N–H and O–H groups in total. The van der Waals surface area contributed by atoms with Crippen molar-refractivity contribution < 1.29 is 18.6 Å². The molecule has 0 radical (unpaired) electrons. The van der Waals surface area contributed by atoms with Crippen molar-refractivity contribution >= 4 is 0 Å². The van der Waals surface area contributed by atoms with Crippen LogP contribution in [0.2, 0.25) is 0 Å². The van der Waals surface area contributed by atoms with E-state index in [0.29, 0.717) is 22.3 Å². The zero-order valence-corrected chi connectivity index (χ0v) is 11.6. The average Bonchev–Trinajstić information content (AvgIpc) is 2.44. The lowest BCUT2D eigenvalue weighted by Gasteiger charge is -2.15. The third-order valence-corrected chi connectivity index (χ3v) is 3.27. The molecule has 20 heavy (non-hydrogen) atoms. The quantitative estimate of drug-likeness (QED) is 0.928. The van der Waals surface area contributed by atoms with Gasteiger partial charge in [0, 0.05) is 0 Å².